The van der Waals surface area contributed by atoms with Crippen molar-refractivity contribution in [3.63, 3.8) is 0 Å². The maximum atomic E-state index is 9.36. The molecular formula is C17H24N2O. The van der Waals surface area contributed by atoms with E-state index >= 15 is 0 Å². The van der Waals surface area contributed by atoms with E-state index in [1.165, 1.54) is 33.3 Å². The van der Waals surface area contributed by atoms with E-state index in [-0.39, 0.29) is 6.61 Å². The molecule has 0 amide bonds. The molecule has 2 N–H and O–H groups in total. The molecule has 1 atom stereocenters. The van der Waals surface area contributed by atoms with Gasteiger partial charge in [0.25, 0.3) is 0 Å². The normalized spacial score (nSPS) is 15.8. The van der Waals surface area contributed by atoms with Crippen molar-refractivity contribution in [2.75, 3.05) is 6.61 Å². The fourth-order valence-electron chi connectivity index (χ4n) is 3.42. The number of benzene rings is 1. The molecule has 0 bridgehead atoms. The van der Waals surface area contributed by atoms with Gasteiger partial charge in [-0.1, -0.05) is 6.92 Å². The lowest BCUT2D eigenvalue weighted by Gasteiger charge is -2.09. The standard InChI is InChI=1S/C17H24N2O/c1-4-19-12(3)15(5-11(2)10-20)16-6-13-8-18-9-14(13)7-17(16)19/h6-7,11,18,20H,4-5,8-10H2,1-3H3. The third-order valence-corrected chi connectivity index (χ3v) is 4.59. The van der Waals surface area contributed by atoms with Crippen molar-refractivity contribution in [1.29, 1.82) is 0 Å². The van der Waals surface area contributed by atoms with Gasteiger partial charge in [0.2, 0.25) is 0 Å². The fraction of sp³-hybridized carbons (Fsp3) is 0.529. The van der Waals surface area contributed by atoms with E-state index in [2.05, 4.69) is 42.8 Å². The summed E-state index contributed by atoms with van der Waals surface area (Å²) in [7, 11) is 0. The second kappa shape index (κ2) is 5.23. The zero-order chi connectivity index (χ0) is 14.3. The van der Waals surface area contributed by atoms with E-state index in [0.717, 1.165) is 26.1 Å². The van der Waals surface area contributed by atoms with E-state index in [1.54, 1.807) is 0 Å². The Morgan fingerprint density at radius 2 is 2.00 bits per heavy atom. The van der Waals surface area contributed by atoms with Crippen molar-refractivity contribution in [3.8, 4) is 0 Å². The van der Waals surface area contributed by atoms with Gasteiger partial charge in [0.15, 0.2) is 0 Å². The van der Waals surface area contributed by atoms with Crippen LogP contribution in [-0.2, 0) is 26.1 Å². The molecule has 2 heterocycles. The summed E-state index contributed by atoms with van der Waals surface area (Å²) in [4.78, 5) is 0. The summed E-state index contributed by atoms with van der Waals surface area (Å²) in [6, 6.07) is 4.72. The van der Waals surface area contributed by atoms with Crippen LogP contribution < -0.4 is 5.32 Å². The van der Waals surface area contributed by atoms with Crippen LogP contribution in [0, 0.1) is 12.8 Å². The molecule has 2 aromatic rings. The highest BCUT2D eigenvalue weighted by Crippen LogP contribution is 2.32. The molecule has 0 aliphatic carbocycles. The number of fused-ring (bicyclic) bond motifs is 2. The molecule has 1 aromatic carbocycles. The van der Waals surface area contributed by atoms with Crippen LogP contribution in [0.1, 0.15) is 36.2 Å². The zero-order valence-corrected chi connectivity index (χ0v) is 12.7. The Hall–Kier alpha value is -1.32. The molecule has 1 aliphatic heterocycles. The fourth-order valence-corrected chi connectivity index (χ4v) is 3.42. The van der Waals surface area contributed by atoms with E-state index in [0.29, 0.717) is 5.92 Å². The molecule has 20 heavy (non-hydrogen) atoms. The predicted molar refractivity (Wildman–Crippen MR) is 82.8 cm³/mol. The van der Waals surface area contributed by atoms with Crippen molar-refractivity contribution >= 4 is 10.9 Å². The average Bonchev–Trinajstić information content (AvgIpc) is 3.00. The monoisotopic (exact) mass is 272 g/mol. The molecule has 0 saturated carbocycles. The van der Waals surface area contributed by atoms with Gasteiger partial charge < -0.3 is 15.0 Å². The Bertz CT molecular complexity index is 642. The van der Waals surface area contributed by atoms with Crippen LogP contribution >= 0.6 is 0 Å². The minimum absolute atomic E-state index is 0.255. The largest absolute Gasteiger partial charge is 0.396 e. The first-order valence-electron chi connectivity index (χ1n) is 7.60. The summed E-state index contributed by atoms with van der Waals surface area (Å²) < 4.78 is 2.41. The van der Waals surface area contributed by atoms with E-state index in [1.807, 2.05) is 0 Å². The number of aliphatic hydroxyl groups is 1. The molecule has 3 nitrogen and oxygen atoms in total. The van der Waals surface area contributed by atoms with Crippen LogP contribution in [0.4, 0.5) is 0 Å². The maximum Gasteiger partial charge on any atom is 0.0488 e. The van der Waals surface area contributed by atoms with Crippen molar-refractivity contribution in [2.45, 2.75) is 46.8 Å². The van der Waals surface area contributed by atoms with Gasteiger partial charge in [-0.05, 0) is 55.0 Å². The van der Waals surface area contributed by atoms with Gasteiger partial charge in [-0.3, -0.25) is 0 Å². The molecule has 1 unspecified atom stereocenters. The SMILES string of the molecule is CCn1c(C)c(CC(C)CO)c2cc3c(cc21)CNC3. The number of aryl methyl sites for hydroxylation is 1. The zero-order valence-electron chi connectivity index (χ0n) is 12.7. The van der Waals surface area contributed by atoms with Crippen LogP contribution in [0.25, 0.3) is 10.9 Å². The van der Waals surface area contributed by atoms with E-state index < -0.39 is 0 Å². The van der Waals surface area contributed by atoms with Crippen LogP contribution in [-0.4, -0.2) is 16.3 Å². The number of hydrogen-bond acceptors (Lipinski definition) is 2. The van der Waals surface area contributed by atoms with Crippen molar-refractivity contribution in [3.05, 3.63) is 34.5 Å². The molecule has 1 aromatic heterocycles. The molecule has 0 spiro atoms. The van der Waals surface area contributed by atoms with Gasteiger partial charge in [-0.15, -0.1) is 0 Å². The van der Waals surface area contributed by atoms with Crippen LogP contribution in [0.3, 0.4) is 0 Å². The van der Waals surface area contributed by atoms with Crippen molar-refractivity contribution < 1.29 is 5.11 Å². The summed E-state index contributed by atoms with van der Waals surface area (Å²) >= 11 is 0. The van der Waals surface area contributed by atoms with Gasteiger partial charge in [0.1, 0.15) is 0 Å². The topological polar surface area (TPSA) is 37.2 Å². The van der Waals surface area contributed by atoms with Gasteiger partial charge >= 0.3 is 0 Å². The summed E-state index contributed by atoms with van der Waals surface area (Å²) in [5.74, 6) is 0.316. The highest BCUT2D eigenvalue weighted by Gasteiger charge is 2.19. The van der Waals surface area contributed by atoms with E-state index in [4.69, 9.17) is 0 Å². The minimum atomic E-state index is 0.255. The Morgan fingerprint density at radius 1 is 1.30 bits per heavy atom. The highest BCUT2D eigenvalue weighted by atomic mass is 16.3. The molecule has 3 heteroatoms. The Labute approximate surface area is 120 Å². The molecule has 108 valence electrons. The maximum absolute atomic E-state index is 9.36. The van der Waals surface area contributed by atoms with Crippen LogP contribution in [0.15, 0.2) is 12.1 Å². The predicted octanol–water partition coefficient (Wildman–Crippen LogP) is 2.74. The number of rotatable bonds is 4. The summed E-state index contributed by atoms with van der Waals surface area (Å²) in [6.45, 7) is 9.76. The number of nitrogens with zero attached hydrogens (tertiary/aromatic N) is 1. The highest BCUT2D eigenvalue weighted by molar-refractivity contribution is 5.87. The third kappa shape index (κ3) is 2.05. The van der Waals surface area contributed by atoms with E-state index in [9.17, 15) is 5.11 Å². The number of aliphatic hydroxyl groups excluding tert-OH is 1. The smallest absolute Gasteiger partial charge is 0.0488 e. The minimum Gasteiger partial charge on any atom is -0.396 e. The van der Waals surface area contributed by atoms with Crippen LogP contribution in [0.2, 0.25) is 0 Å². The van der Waals surface area contributed by atoms with Crippen molar-refractivity contribution in [1.82, 2.24) is 9.88 Å². The first-order valence-corrected chi connectivity index (χ1v) is 7.60. The molecule has 0 radical (unpaired) electrons. The summed E-state index contributed by atoms with van der Waals surface area (Å²) in [6.07, 6.45) is 0.956. The Morgan fingerprint density at radius 3 is 2.65 bits per heavy atom. The van der Waals surface area contributed by atoms with Crippen molar-refractivity contribution in [2.24, 2.45) is 5.92 Å². The molecule has 0 fully saturated rings. The third-order valence-electron chi connectivity index (χ3n) is 4.59. The molecular weight excluding hydrogens is 248 g/mol. The van der Waals surface area contributed by atoms with Gasteiger partial charge in [-0.2, -0.15) is 0 Å². The second-order valence-corrected chi connectivity index (χ2v) is 6.04. The number of aromatic nitrogens is 1. The Balaban J connectivity index is 2.20. The first kappa shape index (κ1) is 13.7. The lowest BCUT2D eigenvalue weighted by Crippen LogP contribution is -2.06. The average molecular weight is 272 g/mol. The first-order chi connectivity index (χ1) is 9.65. The molecule has 0 saturated heterocycles. The second-order valence-electron chi connectivity index (χ2n) is 6.04. The summed E-state index contributed by atoms with van der Waals surface area (Å²) in [5.41, 5.74) is 7.00. The number of hydrogen-bond donors (Lipinski definition) is 2. The lowest BCUT2D eigenvalue weighted by atomic mass is 9.97. The van der Waals surface area contributed by atoms with Crippen LogP contribution in [0.5, 0.6) is 0 Å². The lowest BCUT2D eigenvalue weighted by molar-refractivity contribution is 0.237. The Kier molecular flexibility index (Phi) is 3.57. The van der Waals surface area contributed by atoms with Gasteiger partial charge in [-0.25, -0.2) is 0 Å². The quantitative estimate of drug-likeness (QED) is 0.898. The molecule has 3 rings (SSSR count). The molecule has 1 aliphatic rings. The number of nitrogens with one attached hydrogen (secondary N) is 1. The van der Waals surface area contributed by atoms with Gasteiger partial charge in [0.05, 0.1) is 0 Å². The summed E-state index contributed by atoms with van der Waals surface area (Å²) in [5, 5.41) is 14.2. The van der Waals surface area contributed by atoms with Gasteiger partial charge in [0, 0.05) is 42.8 Å².